The molecule has 3 nitrogen and oxygen atoms in total. The lowest BCUT2D eigenvalue weighted by Gasteiger charge is -2.21. The van der Waals surface area contributed by atoms with Gasteiger partial charge in [-0.3, -0.25) is 0 Å². The van der Waals surface area contributed by atoms with E-state index in [1.807, 2.05) is 25.1 Å². The third kappa shape index (κ3) is 3.87. The summed E-state index contributed by atoms with van der Waals surface area (Å²) >= 11 is 0. The molecule has 1 fully saturated rings. The van der Waals surface area contributed by atoms with Gasteiger partial charge in [-0.1, -0.05) is 25.0 Å². The van der Waals surface area contributed by atoms with Crippen LogP contribution in [0.4, 0.5) is 0 Å². The zero-order chi connectivity index (χ0) is 13.5. The standard InChI is InChI=1S/C16H24O3/c1-2-18-15-11-7-8-13(12-17)16(15)19-14-9-5-3-4-6-10-14/h7-8,11,14,17H,2-6,9-10,12H2,1H3. The van der Waals surface area contributed by atoms with Gasteiger partial charge in [0.25, 0.3) is 0 Å². The van der Waals surface area contributed by atoms with Gasteiger partial charge in [-0.2, -0.15) is 0 Å². The first-order valence-electron chi connectivity index (χ1n) is 7.37. The molecule has 0 atom stereocenters. The fraction of sp³-hybridized carbons (Fsp3) is 0.625. The van der Waals surface area contributed by atoms with Crippen LogP contribution in [0.1, 0.15) is 51.0 Å². The lowest BCUT2D eigenvalue weighted by atomic mass is 10.1. The molecular weight excluding hydrogens is 240 g/mol. The predicted molar refractivity (Wildman–Crippen MR) is 75.7 cm³/mol. The molecule has 1 N–H and O–H groups in total. The molecule has 0 spiro atoms. The van der Waals surface area contributed by atoms with Gasteiger partial charge in [0.1, 0.15) is 0 Å². The lowest BCUT2D eigenvalue weighted by Crippen LogP contribution is -2.17. The van der Waals surface area contributed by atoms with Crippen molar-refractivity contribution in [1.29, 1.82) is 0 Å². The SMILES string of the molecule is CCOc1cccc(CO)c1OC1CCCCCC1. The highest BCUT2D eigenvalue weighted by Gasteiger charge is 2.18. The highest BCUT2D eigenvalue weighted by molar-refractivity contribution is 5.46. The molecule has 0 saturated heterocycles. The Bertz CT molecular complexity index is 382. The van der Waals surface area contributed by atoms with Gasteiger partial charge >= 0.3 is 0 Å². The summed E-state index contributed by atoms with van der Waals surface area (Å²) in [6, 6.07) is 5.71. The van der Waals surface area contributed by atoms with Crippen LogP contribution < -0.4 is 9.47 Å². The van der Waals surface area contributed by atoms with E-state index in [4.69, 9.17) is 9.47 Å². The maximum atomic E-state index is 9.46. The van der Waals surface area contributed by atoms with Gasteiger partial charge in [-0.25, -0.2) is 0 Å². The largest absolute Gasteiger partial charge is 0.490 e. The number of aliphatic hydroxyl groups excluding tert-OH is 1. The minimum atomic E-state index is -0.0109. The molecule has 1 aromatic rings. The molecule has 1 saturated carbocycles. The summed E-state index contributed by atoms with van der Waals surface area (Å²) in [6.45, 7) is 2.56. The minimum absolute atomic E-state index is 0.0109. The van der Waals surface area contributed by atoms with Crippen molar-refractivity contribution in [3.8, 4) is 11.5 Å². The maximum Gasteiger partial charge on any atom is 0.167 e. The summed E-state index contributed by atoms with van der Waals surface area (Å²) in [4.78, 5) is 0. The van der Waals surface area contributed by atoms with E-state index >= 15 is 0 Å². The lowest BCUT2D eigenvalue weighted by molar-refractivity contribution is 0.166. The van der Waals surface area contributed by atoms with Crippen LogP contribution in [-0.2, 0) is 6.61 Å². The number of rotatable bonds is 5. The molecule has 2 rings (SSSR count). The minimum Gasteiger partial charge on any atom is -0.490 e. The Hall–Kier alpha value is -1.22. The highest BCUT2D eigenvalue weighted by atomic mass is 16.5. The van der Waals surface area contributed by atoms with E-state index in [-0.39, 0.29) is 12.7 Å². The second kappa shape index (κ2) is 7.39. The van der Waals surface area contributed by atoms with Crippen molar-refractivity contribution in [3.63, 3.8) is 0 Å². The fourth-order valence-electron chi connectivity index (χ4n) is 2.62. The Labute approximate surface area is 115 Å². The Morgan fingerprint density at radius 2 is 1.89 bits per heavy atom. The fourth-order valence-corrected chi connectivity index (χ4v) is 2.62. The van der Waals surface area contributed by atoms with Gasteiger partial charge in [0.15, 0.2) is 11.5 Å². The first kappa shape index (κ1) is 14.2. The predicted octanol–water partition coefficient (Wildman–Crippen LogP) is 3.68. The Kier molecular flexibility index (Phi) is 5.52. The van der Waals surface area contributed by atoms with Crippen molar-refractivity contribution in [2.24, 2.45) is 0 Å². The molecule has 0 unspecified atom stereocenters. The zero-order valence-corrected chi connectivity index (χ0v) is 11.7. The molecule has 0 aliphatic heterocycles. The summed E-state index contributed by atoms with van der Waals surface area (Å²) in [5, 5.41) is 9.46. The second-order valence-corrected chi connectivity index (χ2v) is 5.07. The van der Waals surface area contributed by atoms with Crippen molar-refractivity contribution in [2.75, 3.05) is 6.61 Å². The molecule has 0 heterocycles. The number of hydrogen-bond acceptors (Lipinski definition) is 3. The number of ether oxygens (including phenoxy) is 2. The topological polar surface area (TPSA) is 38.7 Å². The summed E-state index contributed by atoms with van der Waals surface area (Å²) in [5.41, 5.74) is 0.815. The number of hydrogen-bond donors (Lipinski definition) is 1. The van der Waals surface area contributed by atoms with Crippen LogP contribution >= 0.6 is 0 Å². The van der Waals surface area contributed by atoms with E-state index < -0.39 is 0 Å². The van der Waals surface area contributed by atoms with Crippen LogP contribution in [0.3, 0.4) is 0 Å². The monoisotopic (exact) mass is 264 g/mol. The van der Waals surface area contributed by atoms with Crippen molar-refractivity contribution in [2.45, 2.75) is 58.2 Å². The van der Waals surface area contributed by atoms with Gasteiger partial charge in [0.05, 0.1) is 19.3 Å². The second-order valence-electron chi connectivity index (χ2n) is 5.07. The Balaban J connectivity index is 2.15. The van der Waals surface area contributed by atoms with Crippen LogP contribution in [0.2, 0.25) is 0 Å². The zero-order valence-electron chi connectivity index (χ0n) is 11.7. The summed E-state index contributed by atoms with van der Waals surface area (Å²) in [7, 11) is 0. The molecule has 1 aromatic carbocycles. The van der Waals surface area contributed by atoms with Gasteiger partial charge in [0, 0.05) is 5.56 Å². The highest BCUT2D eigenvalue weighted by Crippen LogP contribution is 2.34. The maximum absolute atomic E-state index is 9.46. The van der Waals surface area contributed by atoms with Crippen LogP contribution in [0, 0.1) is 0 Å². The number of aliphatic hydroxyl groups is 1. The van der Waals surface area contributed by atoms with E-state index in [0.717, 1.165) is 29.9 Å². The third-order valence-corrected chi connectivity index (χ3v) is 3.62. The molecule has 0 aromatic heterocycles. The molecular formula is C16H24O3. The van der Waals surface area contributed by atoms with E-state index in [0.29, 0.717) is 6.61 Å². The molecule has 106 valence electrons. The van der Waals surface area contributed by atoms with Gasteiger partial charge in [-0.05, 0) is 38.7 Å². The molecule has 3 heteroatoms. The summed E-state index contributed by atoms with van der Waals surface area (Å²) in [5.74, 6) is 1.48. The van der Waals surface area contributed by atoms with Crippen LogP contribution in [0.5, 0.6) is 11.5 Å². The quantitative estimate of drug-likeness (QED) is 0.824. The molecule has 0 radical (unpaired) electrons. The number of para-hydroxylation sites is 1. The molecule has 1 aliphatic rings. The van der Waals surface area contributed by atoms with Crippen molar-refractivity contribution in [3.05, 3.63) is 23.8 Å². The van der Waals surface area contributed by atoms with E-state index in [2.05, 4.69) is 0 Å². The van der Waals surface area contributed by atoms with E-state index in [1.54, 1.807) is 0 Å². The average Bonchev–Trinajstić information content (AvgIpc) is 2.69. The first-order chi connectivity index (χ1) is 9.35. The number of benzene rings is 1. The molecule has 0 amide bonds. The Morgan fingerprint density at radius 1 is 1.16 bits per heavy atom. The van der Waals surface area contributed by atoms with Crippen molar-refractivity contribution >= 4 is 0 Å². The molecule has 1 aliphatic carbocycles. The average molecular weight is 264 g/mol. The van der Waals surface area contributed by atoms with Gasteiger partial charge < -0.3 is 14.6 Å². The van der Waals surface area contributed by atoms with Gasteiger partial charge in [0.2, 0.25) is 0 Å². The summed E-state index contributed by atoms with van der Waals surface area (Å²) in [6.07, 6.45) is 7.54. The third-order valence-electron chi connectivity index (χ3n) is 3.62. The van der Waals surface area contributed by atoms with Crippen molar-refractivity contribution in [1.82, 2.24) is 0 Å². The molecule has 19 heavy (non-hydrogen) atoms. The molecule has 0 bridgehead atoms. The summed E-state index contributed by atoms with van der Waals surface area (Å²) < 4.78 is 11.8. The van der Waals surface area contributed by atoms with E-state index in [9.17, 15) is 5.11 Å². The normalized spacial score (nSPS) is 16.9. The van der Waals surface area contributed by atoms with Crippen molar-refractivity contribution < 1.29 is 14.6 Å². The Morgan fingerprint density at radius 3 is 2.53 bits per heavy atom. The smallest absolute Gasteiger partial charge is 0.167 e. The first-order valence-corrected chi connectivity index (χ1v) is 7.37. The van der Waals surface area contributed by atoms with Crippen LogP contribution in [-0.4, -0.2) is 17.8 Å². The van der Waals surface area contributed by atoms with E-state index in [1.165, 1.54) is 25.7 Å². The van der Waals surface area contributed by atoms with Crippen LogP contribution in [0.15, 0.2) is 18.2 Å². The van der Waals surface area contributed by atoms with Crippen LogP contribution in [0.25, 0.3) is 0 Å². The van der Waals surface area contributed by atoms with Gasteiger partial charge in [-0.15, -0.1) is 0 Å².